The molecule has 0 bridgehead atoms. The highest BCUT2D eigenvalue weighted by molar-refractivity contribution is 5.74. The molecule has 0 saturated carbocycles. The van der Waals surface area contributed by atoms with Gasteiger partial charge in [-0.15, -0.1) is 0 Å². The summed E-state index contributed by atoms with van der Waals surface area (Å²) in [5.74, 6) is 0. The van der Waals surface area contributed by atoms with Crippen LogP contribution in [-0.2, 0) is 12.8 Å². The predicted octanol–water partition coefficient (Wildman–Crippen LogP) is 4.00. The summed E-state index contributed by atoms with van der Waals surface area (Å²) < 4.78 is 0. The lowest BCUT2D eigenvalue weighted by Crippen LogP contribution is -2.39. The molecule has 1 atom stereocenters. The monoisotopic (exact) mass is 308 g/mol. The molecular formula is C20H24N2O. The van der Waals surface area contributed by atoms with Crippen molar-refractivity contribution in [3.05, 3.63) is 71.3 Å². The van der Waals surface area contributed by atoms with Crippen LogP contribution in [0.4, 0.5) is 4.79 Å². The molecule has 3 nitrogen and oxygen atoms in total. The standard InChI is InChI=1S/C20H24N2O/c23-20(21-15-7-10-16-8-2-1-3-9-16)22-19-14-6-12-17-11-4-5-13-18(17)19/h1-5,8-9,11,13,19H,6-7,10,12,14-15H2,(H2,21,22,23)/t19-/m1/s1. The van der Waals surface area contributed by atoms with Gasteiger partial charge in [-0.2, -0.15) is 0 Å². The van der Waals surface area contributed by atoms with Crippen molar-refractivity contribution in [3.8, 4) is 0 Å². The molecule has 0 aromatic heterocycles. The maximum atomic E-state index is 12.1. The number of benzene rings is 2. The molecule has 23 heavy (non-hydrogen) atoms. The molecule has 0 radical (unpaired) electrons. The van der Waals surface area contributed by atoms with Gasteiger partial charge < -0.3 is 10.6 Å². The van der Waals surface area contributed by atoms with Crippen LogP contribution in [0.2, 0.25) is 0 Å². The number of amides is 2. The van der Waals surface area contributed by atoms with Crippen molar-refractivity contribution in [1.82, 2.24) is 10.6 Å². The van der Waals surface area contributed by atoms with Crippen LogP contribution >= 0.6 is 0 Å². The first-order chi connectivity index (χ1) is 11.3. The molecule has 1 aliphatic carbocycles. The minimum absolute atomic E-state index is 0.0558. The van der Waals surface area contributed by atoms with Crippen molar-refractivity contribution in [2.45, 2.75) is 38.1 Å². The Balaban J connectivity index is 1.43. The molecule has 0 unspecified atom stereocenters. The molecule has 0 aliphatic heterocycles. The topological polar surface area (TPSA) is 41.1 Å². The largest absolute Gasteiger partial charge is 0.338 e. The quantitative estimate of drug-likeness (QED) is 0.806. The smallest absolute Gasteiger partial charge is 0.315 e. The maximum absolute atomic E-state index is 12.1. The van der Waals surface area contributed by atoms with Crippen LogP contribution in [0, 0.1) is 0 Å². The fourth-order valence-electron chi connectivity index (χ4n) is 3.25. The molecule has 0 fully saturated rings. The summed E-state index contributed by atoms with van der Waals surface area (Å²) in [6.45, 7) is 0.703. The molecule has 120 valence electrons. The number of carbonyl (C=O) groups is 1. The van der Waals surface area contributed by atoms with Gasteiger partial charge in [0.25, 0.3) is 0 Å². The van der Waals surface area contributed by atoms with Gasteiger partial charge in [-0.25, -0.2) is 4.79 Å². The van der Waals surface area contributed by atoms with E-state index in [1.54, 1.807) is 0 Å². The second kappa shape index (κ2) is 7.82. The fourth-order valence-corrected chi connectivity index (χ4v) is 3.25. The maximum Gasteiger partial charge on any atom is 0.315 e. The Labute approximate surface area is 138 Å². The van der Waals surface area contributed by atoms with E-state index in [-0.39, 0.29) is 12.1 Å². The van der Waals surface area contributed by atoms with Crippen molar-refractivity contribution < 1.29 is 4.79 Å². The van der Waals surface area contributed by atoms with E-state index in [0.29, 0.717) is 6.54 Å². The fraction of sp³-hybridized carbons (Fsp3) is 0.350. The minimum atomic E-state index is -0.0558. The van der Waals surface area contributed by atoms with E-state index in [4.69, 9.17) is 0 Å². The van der Waals surface area contributed by atoms with Crippen LogP contribution in [0.5, 0.6) is 0 Å². The second-order valence-corrected chi connectivity index (χ2v) is 6.13. The highest BCUT2D eigenvalue weighted by Crippen LogP contribution is 2.29. The van der Waals surface area contributed by atoms with Gasteiger partial charge in [0.1, 0.15) is 0 Å². The first-order valence-electron chi connectivity index (χ1n) is 8.49. The third-order valence-electron chi connectivity index (χ3n) is 4.45. The van der Waals surface area contributed by atoms with Gasteiger partial charge in [-0.1, -0.05) is 54.6 Å². The lowest BCUT2D eigenvalue weighted by molar-refractivity contribution is 0.235. The van der Waals surface area contributed by atoms with Gasteiger partial charge in [-0.3, -0.25) is 0 Å². The Morgan fingerprint density at radius 1 is 1.04 bits per heavy atom. The van der Waals surface area contributed by atoms with Gasteiger partial charge in [0.2, 0.25) is 0 Å². The summed E-state index contributed by atoms with van der Waals surface area (Å²) in [6.07, 6.45) is 5.23. The van der Waals surface area contributed by atoms with Crippen molar-refractivity contribution in [2.24, 2.45) is 0 Å². The summed E-state index contributed by atoms with van der Waals surface area (Å²) in [5.41, 5.74) is 3.96. The zero-order valence-corrected chi connectivity index (χ0v) is 13.4. The number of rotatable bonds is 5. The van der Waals surface area contributed by atoms with Gasteiger partial charge in [0.05, 0.1) is 6.04 Å². The first-order valence-corrected chi connectivity index (χ1v) is 8.49. The number of hydrogen-bond donors (Lipinski definition) is 2. The second-order valence-electron chi connectivity index (χ2n) is 6.13. The summed E-state index contributed by atoms with van der Waals surface area (Å²) in [4.78, 5) is 12.1. The molecule has 3 rings (SSSR count). The van der Waals surface area contributed by atoms with Crippen LogP contribution in [-0.4, -0.2) is 12.6 Å². The number of nitrogens with one attached hydrogen (secondary N) is 2. The molecular weight excluding hydrogens is 284 g/mol. The van der Waals surface area contributed by atoms with E-state index < -0.39 is 0 Å². The van der Waals surface area contributed by atoms with Crippen molar-refractivity contribution >= 4 is 6.03 Å². The summed E-state index contributed by atoms with van der Waals surface area (Å²) in [7, 11) is 0. The van der Waals surface area contributed by atoms with E-state index in [1.165, 1.54) is 16.7 Å². The third-order valence-corrected chi connectivity index (χ3v) is 4.45. The molecule has 0 saturated heterocycles. The highest BCUT2D eigenvalue weighted by atomic mass is 16.2. The molecule has 2 amide bonds. The average molecular weight is 308 g/mol. The van der Waals surface area contributed by atoms with Crippen LogP contribution in [0.3, 0.4) is 0 Å². The zero-order chi connectivity index (χ0) is 15.9. The lowest BCUT2D eigenvalue weighted by Gasteiger charge is -2.26. The van der Waals surface area contributed by atoms with Crippen molar-refractivity contribution in [3.63, 3.8) is 0 Å². The van der Waals surface area contributed by atoms with Crippen LogP contribution in [0.1, 0.15) is 42.0 Å². The Morgan fingerprint density at radius 2 is 1.83 bits per heavy atom. The van der Waals surface area contributed by atoms with Gasteiger partial charge in [0.15, 0.2) is 0 Å². The predicted molar refractivity (Wildman–Crippen MR) is 93.4 cm³/mol. The van der Waals surface area contributed by atoms with Crippen LogP contribution in [0.25, 0.3) is 0 Å². The third kappa shape index (κ3) is 4.35. The Bertz CT molecular complexity index is 639. The van der Waals surface area contributed by atoms with E-state index in [2.05, 4.69) is 59.2 Å². The summed E-state index contributed by atoms with van der Waals surface area (Å²) in [6, 6.07) is 18.9. The molecule has 3 heteroatoms. The summed E-state index contributed by atoms with van der Waals surface area (Å²) in [5, 5.41) is 6.10. The number of hydrogen-bond acceptors (Lipinski definition) is 1. The van der Waals surface area contributed by atoms with E-state index in [1.807, 2.05) is 6.07 Å². The molecule has 2 aromatic carbocycles. The van der Waals surface area contributed by atoms with Crippen LogP contribution < -0.4 is 10.6 Å². The van der Waals surface area contributed by atoms with E-state index in [9.17, 15) is 4.79 Å². The highest BCUT2D eigenvalue weighted by Gasteiger charge is 2.20. The Kier molecular flexibility index (Phi) is 5.30. The number of aryl methyl sites for hydroxylation is 2. The molecule has 0 heterocycles. The molecule has 2 aromatic rings. The van der Waals surface area contributed by atoms with Crippen molar-refractivity contribution in [2.75, 3.05) is 6.54 Å². The normalized spacial score (nSPS) is 16.4. The number of urea groups is 1. The van der Waals surface area contributed by atoms with Gasteiger partial charge in [-0.05, 0) is 48.8 Å². The first kappa shape index (κ1) is 15.6. The molecule has 1 aliphatic rings. The number of carbonyl (C=O) groups excluding carboxylic acids is 1. The Hall–Kier alpha value is -2.29. The average Bonchev–Trinajstić information content (AvgIpc) is 2.60. The van der Waals surface area contributed by atoms with Crippen LogP contribution in [0.15, 0.2) is 54.6 Å². The number of fused-ring (bicyclic) bond motifs is 1. The van der Waals surface area contributed by atoms with Gasteiger partial charge >= 0.3 is 6.03 Å². The van der Waals surface area contributed by atoms with E-state index >= 15 is 0 Å². The Morgan fingerprint density at radius 3 is 2.70 bits per heavy atom. The molecule has 0 spiro atoms. The zero-order valence-electron chi connectivity index (χ0n) is 13.4. The van der Waals surface area contributed by atoms with E-state index in [0.717, 1.165) is 32.1 Å². The SMILES string of the molecule is O=C(NCCCc1ccccc1)N[C@@H]1CCCc2ccccc21. The lowest BCUT2D eigenvalue weighted by atomic mass is 9.88. The van der Waals surface area contributed by atoms with Gasteiger partial charge in [0, 0.05) is 6.54 Å². The molecule has 2 N–H and O–H groups in total. The summed E-state index contributed by atoms with van der Waals surface area (Å²) >= 11 is 0. The van der Waals surface area contributed by atoms with Crippen molar-refractivity contribution in [1.29, 1.82) is 0 Å². The minimum Gasteiger partial charge on any atom is -0.338 e.